The zero-order valence-electron chi connectivity index (χ0n) is 10.8. The number of halogens is 1. The smallest absolute Gasteiger partial charge is 0.0964 e. The summed E-state index contributed by atoms with van der Waals surface area (Å²) in [6.07, 6.45) is 2.15. The Balaban J connectivity index is 2.06. The van der Waals surface area contributed by atoms with Crippen LogP contribution in [0.25, 0.3) is 0 Å². The van der Waals surface area contributed by atoms with Crippen molar-refractivity contribution in [1.29, 1.82) is 0 Å². The Morgan fingerprint density at radius 3 is 2.80 bits per heavy atom. The first-order chi connectivity index (χ1) is 9.79. The fraction of sp³-hybridized carbons (Fsp3) is 0.188. The predicted octanol–water partition coefficient (Wildman–Crippen LogP) is 3.76. The van der Waals surface area contributed by atoms with E-state index in [0.29, 0.717) is 11.4 Å². The SMILES string of the molecule is OCCC#Cc1ccccc1CSc1ccc(Cl)cn1. The molecular weight excluding hydrogens is 290 g/mol. The first-order valence-electron chi connectivity index (χ1n) is 6.21. The summed E-state index contributed by atoms with van der Waals surface area (Å²) in [5.41, 5.74) is 2.17. The highest BCUT2D eigenvalue weighted by molar-refractivity contribution is 7.98. The second-order valence-corrected chi connectivity index (χ2v) is 5.47. The molecule has 0 unspecified atom stereocenters. The van der Waals surface area contributed by atoms with Gasteiger partial charge in [0.25, 0.3) is 0 Å². The number of thioether (sulfide) groups is 1. The van der Waals surface area contributed by atoms with Gasteiger partial charge in [-0.05, 0) is 23.8 Å². The number of rotatable bonds is 4. The lowest BCUT2D eigenvalue weighted by Crippen LogP contribution is -1.88. The number of aliphatic hydroxyl groups excluding tert-OH is 1. The molecule has 1 aromatic heterocycles. The van der Waals surface area contributed by atoms with Gasteiger partial charge in [0.2, 0.25) is 0 Å². The second kappa shape index (κ2) is 7.96. The fourth-order valence-electron chi connectivity index (χ4n) is 1.58. The molecule has 0 saturated carbocycles. The molecule has 0 saturated heterocycles. The molecule has 0 aliphatic rings. The first kappa shape index (κ1) is 14.9. The zero-order chi connectivity index (χ0) is 14.2. The van der Waals surface area contributed by atoms with Crippen LogP contribution in [0.15, 0.2) is 47.6 Å². The highest BCUT2D eigenvalue weighted by atomic mass is 35.5. The molecule has 20 heavy (non-hydrogen) atoms. The summed E-state index contributed by atoms with van der Waals surface area (Å²) in [6, 6.07) is 11.8. The van der Waals surface area contributed by atoms with E-state index in [4.69, 9.17) is 16.7 Å². The van der Waals surface area contributed by atoms with E-state index in [1.165, 1.54) is 5.56 Å². The Hall–Kier alpha value is -1.47. The van der Waals surface area contributed by atoms with Crippen LogP contribution in [0, 0.1) is 11.8 Å². The van der Waals surface area contributed by atoms with E-state index in [1.54, 1.807) is 18.0 Å². The third-order valence-electron chi connectivity index (χ3n) is 2.55. The maximum atomic E-state index is 8.76. The maximum absolute atomic E-state index is 8.76. The average Bonchev–Trinajstić information content (AvgIpc) is 2.48. The van der Waals surface area contributed by atoms with Crippen molar-refractivity contribution in [1.82, 2.24) is 4.98 Å². The fourth-order valence-corrected chi connectivity index (χ4v) is 2.54. The number of benzene rings is 1. The molecule has 0 amide bonds. The molecule has 2 aromatic rings. The lowest BCUT2D eigenvalue weighted by atomic mass is 10.1. The van der Waals surface area contributed by atoms with Gasteiger partial charge in [0.15, 0.2) is 0 Å². The van der Waals surface area contributed by atoms with E-state index in [1.807, 2.05) is 30.3 Å². The Labute approximate surface area is 128 Å². The minimum Gasteiger partial charge on any atom is -0.395 e. The van der Waals surface area contributed by atoms with Crippen molar-refractivity contribution in [3.05, 3.63) is 58.7 Å². The highest BCUT2D eigenvalue weighted by Crippen LogP contribution is 2.23. The van der Waals surface area contributed by atoms with E-state index in [0.717, 1.165) is 16.3 Å². The van der Waals surface area contributed by atoms with Crippen LogP contribution < -0.4 is 0 Å². The van der Waals surface area contributed by atoms with E-state index >= 15 is 0 Å². The predicted molar refractivity (Wildman–Crippen MR) is 83.8 cm³/mol. The van der Waals surface area contributed by atoms with Crippen molar-refractivity contribution >= 4 is 23.4 Å². The summed E-state index contributed by atoms with van der Waals surface area (Å²) in [5, 5.41) is 10.3. The summed E-state index contributed by atoms with van der Waals surface area (Å²) in [7, 11) is 0. The minimum absolute atomic E-state index is 0.0958. The van der Waals surface area contributed by atoms with Crippen LogP contribution >= 0.6 is 23.4 Å². The van der Waals surface area contributed by atoms with Gasteiger partial charge in [-0.25, -0.2) is 4.98 Å². The molecule has 0 radical (unpaired) electrons. The summed E-state index contributed by atoms with van der Waals surface area (Å²) >= 11 is 7.46. The van der Waals surface area contributed by atoms with Crippen LogP contribution in [0.4, 0.5) is 0 Å². The van der Waals surface area contributed by atoms with Gasteiger partial charge < -0.3 is 5.11 Å². The van der Waals surface area contributed by atoms with Gasteiger partial charge in [-0.15, -0.1) is 11.8 Å². The molecule has 1 N–H and O–H groups in total. The van der Waals surface area contributed by atoms with Crippen LogP contribution in [0.5, 0.6) is 0 Å². The normalized spacial score (nSPS) is 9.90. The molecular formula is C16H14ClNOS. The molecule has 2 nitrogen and oxygen atoms in total. The van der Waals surface area contributed by atoms with Crippen molar-refractivity contribution < 1.29 is 5.11 Å². The molecule has 2 rings (SSSR count). The minimum atomic E-state index is 0.0958. The van der Waals surface area contributed by atoms with Crippen LogP contribution in [0.1, 0.15) is 17.5 Å². The Morgan fingerprint density at radius 1 is 1.20 bits per heavy atom. The summed E-state index contributed by atoms with van der Waals surface area (Å²) < 4.78 is 0. The van der Waals surface area contributed by atoms with Gasteiger partial charge in [-0.3, -0.25) is 0 Å². The molecule has 0 fully saturated rings. The summed E-state index contributed by atoms with van der Waals surface area (Å²) in [6.45, 7) is 0.0958. The molecule has 0 aliphatic heterocycles. The highest BCUT2D eigenvalue weighted by Gasteiger charge is 2.01. The molecule has 1 heterocycles. The van der Waals surface area contributed by atoms with Crippen molar-refractivity contribution in [3.8, 4) is 11.8 Å². The van der Waals surface area contributed by atoms with E-state index < -0.39 is 0 Å². The molecule has 0 bridgehead atoms. The average molecular weight is 304 g/mol. The first-order valence-corrected chi connectivity index (χ1v) is 7.58. The molecule has 0 aliphatic carbocycles. The Kier molecular flexibility index (Phi) is 5.94. The van der Waals surface area contributed by atoms with E-state index in [9.17, 15) is 0 Å². The van der Waals surface area contributed by atoms with E-state index in [-0.39, 0.29) is 6.61 Å². The van der Waals surface area contributed by atoms with Crippen LogP contribution in [-0.2, 0) is 5.75 Å². The Morgan fingerprint density at radius 2 is 2.05 bits per heavy atom. The van der Waals surface area contributed by atoms with Crippen molar-refractivity contribution in [2.45, 2.75) is 17.2 Å². The van der Waals surface area contributed by atoms with Gasteiger partial charge >= 0.3 is 0 Å². The van der Waals surface area contributed by atoms with E-state index in [2.05, 4.69) is 22.9 Å². The summed E-state index contributed by atoms with van der Waals surface area (Å²) in [5.74, 6) is 6.85. The molecule has 0 atom stereocenters. The van der Waals surface area contributed by atoms with Crippen molar-refractivity contribution in [2.24, 2.45) is 0 Å². The largest absolute Gasteiger partial charge is 0.395 e. The zero-order valence-corrected chi connectivity index (χ0v) is 12.4. The van der Waals surface area contributed by atoms with Gasteiger partial charge in [0.05, 0.1) is 16.7 Å². The molecule has 0 spiro atoms. The van der Waals surface area contributed by atoms with Gasteiger partial charge in [-0.2, -0.15) is 0 Å². The number of pyridine rings is 1. The third kappa shape index (κ3) is 4.57. The Bertz CT molecular complexity index is 616. The van der Waals surface area contributed by atoms with Gasteiger partial charge in [0, 0.05) is 23.9 Å². The van der Waals surface area contributed by atoms with Crippen molar-refractivity contribution in [3.63, 3.8) is 0 Å². The van der Waals surface area contributed by atoms with Crippen molar-refractivity contribution in [2.75, 3.05) is 6.61 Å². The molecule has 1 aromatic carbocycles. The van der Waals surface area contributed by atoms with Crippen LogP contribution in [0.3, 0.4) is 0 Å². The number of hydrogen-bond donors (Lipinski definition) is 1. The maximum Gasteiger partial charge on any atom is 0.0964 e. The number of aromatic nitrogens is 1. The lowest BCUT2D eigenvalue weighted by Gasteiger charge is -2.04. The number of hydrogen-bond acceptors (Lipinski definition) is 3. The summed E-state index contributed by atoms with van der Waals surface area (Å²) in [4.78, 5) is 4.26. The van der Waals surface area contributed by atoms with Gasteiger partial charge in [0.1, 0.15) is 0 Å². The number of aliphatic hydroxyl groups is 1. The molecule has 102 valence electrons. The second-order valence-electron chi connectivity index (χ2n) is 4.04. The van der Waals surface area contributed by atoms with Crippen LogP contribution in [-0.4, -0.2) is 16.7 Å². The lowest BCUT2D eigenvalue weighted by molar-refractivity contribution is 0.305. The molecule has 4 heteroatoms. The quantitative estimate of drug-likeness (QED) is 0.689. The van der Waals surface area contributed by atoms with Gasteiger partial charge in [-0.1, -0.05) is 41.6 Å². The van der Waals surface area contributed by atoms with Crippen LogP contribution in [0.2, 0.25) is 5.02 Å². The monoisotopic (exact) mass is 303 g/mol. The topological polar surface area (TPSA) is 33.1 Å². The third-order valence-corrected chi connectivity index (χ3v) is 3.77. The standard InChI is InChI=1S/C16H14ClNOS/c17-15-8-9-16(18-11-15)20-12-14-7-2-1-5-13(14)6-3-4-10-19/h1-2,5,7-9,11,19H,4,10,12H2. The number of nitrogens with zero attached hydrogens (tertiary/aromatic N) is 1.